The average molecular weight is 397 g/mol. The summed E-state index contributed by atoms with van der Waals surface area (Å²) in [5.41, 5.74) is 3.72. The maximum Gasteiger partial charge on any atom is 0.387 e. The topological polar surface area (TPSA) is 74.3 Å². The van der Waals surface area contributed by atoms with Crippen molar-refractivity contribution in [2.75, 3.05) is 0 Å². The third-order valence-corrected chi connectivity index (χ3v) is 4.88. The molecule has 0 aliphatic carbocycles. The lowest BCUT2D eigenvalue weighted by Crippen LogP contribution is -2.29. The van der Waals surface area contributed by atoms with Gasteiger partial charge in [-0.15, -0.1) is 4.68 Å². The van der Waals surface area contributed by atoms with Gasteiger partial charge in [-0.05, 0) is 49.6 Å². The van der Waals surface area contributed by atoms with Gasteiger partial charge in [0.15, 0.2) is 0 Å². The van der Waals surface area contributed by atoms with E-state index in [1.54, 1.807) is 32.2 Å². The Morgan fingerprint density at radius 1 is 1.03 bits per heavy atom. The van der Waals surface area contributed by atoms with Gasteiger partial charge in [0, 0.05) is 23.7 Å². The van der Waals surface area contributed by atoms with Crippen LogP contribution in [-0.2, 0) is 0 Å². The Morgan fingerprint density at radius 3 is 2.45 bits per heavy atom. The third-order valence-electron chi connectivity index (χ3n) is 4.88. The van der Waals surface area contributed by atoms with E-state index < -0.39 is 12.3 Å². The van der Waals surface area contributed by atoms with Crippen molar-refractivity contribution < 1.29 is 13.5 Å². The van der Waals surface area contributed by atoms with Crippen molar-refractivity contribution in [3.8, 4) is 22.8 Å². The van der Waals surface area contributed by atoms with Gasteiger partial charge in [-0.25, -0.2) is 14.8 Å². The van der Waals surface area contributed by atoms with Crippen molar-refractivity contribution in [1.29, 1.82) is 0 Å². The second-order valence-electron chi connectivity index (χ2n) is 6.50. The first-order valence-corrected chi connectivity index (χ1v) is 8.82. The van der Waals surface area contributed by atoms with Crippen LogP contribution in [0.1, 0.15) is 16.8 Å². The molecule has 0 N–H and O–H groups in total. The number of aromatic nitrogens is 5. The molecule has 0 aliphatic rings. The average Bonchev–Trinajstić information content (AvgIpc) is 2.95. The molecule has 0 fully saturated rings. The van der Waals surface area contributed by atoms with Gasteiger partial charge in [0.25, 0.3) is 5.95 Å². The molecule has 0 spiro atoms. The maximum absolute atomic E-state index is 13.1. The smallest absolute Gasteiger partial charge is 0.387 e. The van der Waals surface area contributed by atoms with Gasteiger partial charge in [-0.2, -0.15) is 13.9 Å². The number of ether oxygens (including phenoxy) is 1. The van der Waals surface area contributed by atoms with Crippen LogP contribution >= 0.6 is 0 Å². The molecule has 9 heteroatoms. The Labute approximate surface area is 164 Å². The van der Waals surface area contributed by atoms with Crippen molar-refractivity contribution in [1.82, 2.24) is 24.1 Å². The van der Waals surface area contributed by atoms with Crippen LogP contribution in [0.4, 0.5) is 8.78 Å². The van der Waals surface area contributed by atoms with Crippen LogP contribution in [0.5, 0.6) is 5.75 Å². The van der Waals surface area contributed by atoms with E-state index in [1.807, 2.05) is 13.0 Å². The largest absolute Gasteiger partial charge is 0.435 e. The maximum atomic E-state index is 13.1. The highest BCUT2D eigenvalue weighted by molar-refractivity contribution is 5.81. The van der Waals surface area contributed by atoms with Crippen LogP contribution in [0.25, 0.3) is 22.6 Å². The predicted octanol–water partition coefficient (Wildman–Crippen LogP) is 3.47. The highest BCUT2D eigenvalue weighted by atomic mass is 19.3. The molecule has 3 heterocycles. The molecule has 148 valence electrons. The van der Waals surface area contributed by atoms with Crippen molar-refractivity contribution >= 4 is 5.52 Å². The summed E-state index contributed by atoms with van der Waals surface area (Å²) in [6, 6.07) is 6.60. The summed E-state index contributed by atoms with van der Waals surface area (Å²) in [7, 11) is 0. The van der Waals surface area contributed by atoms with Crippen molar-refractivity contribution in [2.24, 2.45) is 0 Å². The van der Waals surface area contributed by atoms with E-state index in [-0.39, 0.29) is 11.7 Å². The van der Waals surface area contributed by atoms with Crippen LogP contribution in [0.15, 0.2) is 47.7 Å². The van der Waals surface area contributed by atoms with Crippen LogP contribution in [0, 0.1) is 20.8 Å². The molecule has 1 aromatic carbocycles. The highest BCUT2D eigenvalue weighted by Gasteiger charge is 2.21. The minimum absolute atomic E-state index is 0.0970. The van der Waals surface area contributed by atoms with E-state index >= 15 is 0 Å². The second-order valence-corrected chi connectivity index (χ2v) is 6.50. The monoisotopic (exact) mass is 397 g/mol. The molecule has 0 amide bonds. The van der Waals surface area contributed by atoms with Gasteiger partial charge in [0.05, 0.1) is 11.7 Å². The van der Waals surface area contributed by atoms with Gasteiger partial charge in [-0.3, -0.25) is 4.40 Å². The first-order valence-electron chi connectivity index (χ1n) is 8.82. The Morgan fingerprint density at radius 2 is 1.76 bits per heavy atom. The number of hydrogen-bond donors (Lipinski definition) is 0. The van der Waals surface area contributed by atoms with E-state index in [0.717, 1.165) is 15.8 Å². The summed E-state index contributed by atoms with van der Waals surface area (Å²) in [6.45, 7) is 2.46. The van der Waals surface area contributed by atoms with Gasteiger partial charge in [0.1, 0.15) is 5.75 Å². The fraction of sp³-hybridized carbons (Fsp3) is 0.200. The summed E-state index contributed by atoms with van der Waals surface area (Å²) in [5, 5.41) is 4.20. The van der Waals surface area contributed by atoms with E-state index in [4.69, 9.17) is 0 Å². The lowest BCUT2D eigenvalue weighted by Gasteiger charge is -2.13. The Bertz CT molecular complexity index is 1270. The lowest BCUT2D eigenvalue weighted by molar-refractivity contribution is -0.0502. The molecule has 0 atom stereocenters. The molecule has 4 rings (SSSR count). The van der Waals surface area contributed by atoms with Crippen molar-refractivity contribution in [2.45, 2.75) is 27.4 Å². The van der Waals surface area contributed by atoms with E-state index in [0.29, 0.717) is 22.3 Å². The molecule has 0 saturated carbocycles. The number of halogens is 2. The standard InChI is InChI=1S/C20H17F2N5O2/c1-11-14(6-4-7-16(11)29-18(21)22)17-12(2)15-10-25-27(19-23-8-5-9-24-19)20(28)26(15)13(17)3/h4-10,18H,1-3H3. The van der Waals surface area contributed by atoms with Gasteiger partial charge in [0.2, 0.25) is 0 Å². The van der Waals surface area contributed by atoms with Crippen LogP contribution in [0.2, 0.25) is 0 Å². The van der Waals surface area contributed by atoms with Gasteiger partial charge >= 0.3 is 12.3 Å². The molecule has 3 aromatic heterocycles. The minimum Gasteiger partial charge on any atom is -0.435 e. The fourth-order valence-electron chi connectivity index (χ4n) is 3.56. The Balaban J connectivity index is 1.97. The SMILES string of the molecule is Cc1c(OC(F)F)cccc1-c1c(C)c2cnn(-c3ncccn3)c(=O)n2c1C. The molecule has 29 heavy (non-hydrogen) atoms. The third kappa shape index (κ3) is 3.04. The molecule has 0 unspecified atom stereocenters. The molecule has 0 aliphatic heterocycles. The zero-order chi connectivity index (χ0) is 20.7. The molecule has 4 aromatic rings. The molecule has 0 radical (unpaired) electrons. The lowest BCUT2D eigenvalue weighted by atomic mass is 9.97. The summed E-state index contributed by atoms with van der Waals surface area (Å²) in [6.07, 6.45) is 4.62. The first kappa shape index (κ1) is 18.7. The molecular weight excluding hydrogens is 380 g/mol. The number of aryl methyl sites for hydroxylation is 2. The van der Waals surface area contributed by atoms with Gasteiger partial charge < -0.3 is 4.74 Å². The molecular formula is C20H17F2N5O2. The number of rotatable bonds is 4. The number of alkyl halides is 2. The molecule has 7 nitrogen and oxygen atoms in total. The predicted molar refractivity (Wildman–Crippen MR) is 103 cm³/mol. The Kier molecular flexibility index (Phi) is 4.57. The van der Waals surface area contributed by atoms with Crippen LogP contribution in [-0.4, -0.2) is 30.8 Å². The molecule has 0 bridgehead atoms. The van der Waals surface area contributed by atoms with E-state index in [1.165, 1.54) is 22.9 Å². The zero-order valence-electron chi connectivity index (χ0n) is 15.9. The van der Waals surface area contributed by atoms with Crippen LogP contribution in [0.3, 0.4) is 0 Å². The van der Waals surface area contributed by atoms with Gasteiger partial charge in [-0.1, -0.05) is 12.1 Å². The fourth-order valence-corrected chi connectivity index (χ4v) is 3.56. The zero-order valence-corrected chi connectivity index (χ0v) is 15.9. The van der Waals surface area contributed by atoms with Crippen molar-refractivity contribution in [3.05, 3.63) is 70.2 Å². The number of fused-ring (bicyclic) bond motifs is 1. The highest BCUT2D eigenvalue weighted by Crippen LogP contribution is 2.36. The van der Waals surface area contributed by atoms with Crippen LogP contribution < -0.4 is 10.4 Å². The number of nitrogens with zero attached hydrogens (tertiary/aromatic N) is 5. The molecule has 0 saturated heterocycles. The quantitative estimate of drug-likeness (QED) is 0.527. The Hall–Kier alpha value is -3.62. The summed E-state index contributed by atoms with van der Waals surface area (Å²) in [4.78, 5) is 21.3. The van der Waals surface area contributed by atoms with E-state index in [2.05, 4.69) is 19.8 Å². The second kappa shape index (κ2) is 7.08. The van der Waals surface area contributed by atoms with Crippen molar-refractivity contribution in [3.63, 3.8) is 0 Å². The normalized spacial score (nSPS) is 11.4. The minimum atomic E-state index is -2.92. The first-order chi connectivity index (χ1) is 13.9. The van der Waals surface area contributed by atoms with E-state index in [9.17, 15) is 13.6 Å². The summed E-state index contributed by atoms with van der Waals surface area (Å²) < 4.78 is 32.7. The summed E-state index contributed by atoms with van der Waals surface area (Å²) >= 11 is 0. The summed E-state index contributed by atoms with van der Waals surface area (Å²) in [5.74, 6) is 0.259. The number of benzene rings is 1. The number of hydrogen-bond acceptors (Lipinski definition) is 5.